The number of para-hydroxylation sites is 1. The first-order chi connectivity index (χ1) is 9.22. The molecule has 100 valence electrons. The summed E-state index contributed by atoms with van der Waals surface area (Å²) >= 11 is 0. The monoisotopic (exact) mass is 255 g/mol. The van der Waals surface area contributed by atoms with Gasteiger partial charge in [0.1, 0.15) is 5.82 Å². The first kappa shape index (κ1) is 12.4. The van der Waals surface area contributed by atoms with Crippen LogP contribution in [0.25, 0.3) is 10.9 Å². The van der Waals surface area contributed by atoms with Gasteiger partial charge in [0.25, 0.3) is 0 Å². The second kappa shape index (κ2) is 5.17. The Bertz CT molecular complexity index is 571. The van der Waals surface area contributed by atoms with Crippen LogP contribution in [0.2, 0.25) is 0 Å². The van der Waals surface area contributed by atoms with E-state index in [-0.39, 0.29) is 0 Å². The first-order valence-electron chi connectivity index (χ1n) is 7.04. The van der Waals surface area contributed by atoms with Crippen LogP contribution in [0.3, 0.4) is 0 Å². The van der Waals surface area contributed by atoms with Crippen molar-refractivity contribution in [1.29, 1.82) is 0 Å². The van der Waals surface area contributed by atoms with E-state index in [1.807, 2.05) is 6.07 Å². The molecule has 0 unspecified atom stereocenters. The number of hydrogen-bond acceptors (Lipinski definition) is 3. The molecule has 0 saturated carbocycles. The molecule has 2 heterocycles. The molecule has 1 saturated heterocycles. The zero-order chi connectivity index (χ0) is 13.2. The SMILES string of the molecule is Cc1cc2ccccc2nc1NC1CCN(C)CC1. The molecule has 0 atom stereocenters. The molecule has 19 heavy (non-hydrogen) atoms. The molecule has 1 aliphatic heterocycles. The molecule has 0 spiro atoms. The Labute approximate surface area is 114 Å². The van der Waals surface area contributed by atoms with Gasteiger partial charge in [0, 0.05) is 11.4 Å². The number of aryl methyl sites for hydroxylation is 1. The quantitative estimate of drug-likeness (QED) is 0.894. The van der Waals surface area contributed by atoms with Crippen LogP contribution < -0.4 is 5.32 Å². The molecule has 0 amide bonds. The number of anilines is 1. The number of hydrogen-bond donors (Lipinski definition) is 1. The van der Waals surface area contributed by atoms with Crippen LogP contribution in [0.1, 0.15) is 18.4 Å². The predicted octanol–water partition coefficient (Wildman–Crippen LogP) is 3.05. The van der Waals surface area contributed by atoms with Crippen LogP contribution in [0.15, 0.2) is 30.3 Å². The highest BCUT2D eigenvalue weighted by Crippen LogP contribution is 2.22. The molecule has 1 N–H and O–H groups in total. The average Bonchev–Trinajstić information content (AvgIpc) is 2.42. The third kappa shape index (κ3) is 2.71. The summed E-state index contributed by atoms with van der Waals surface area (Å²) in [6.07, 6.45) is 2.40. The zero-order valence-corrected chi connectivity index (χ0v) is 11.7. The normalized spacial score (nSPS) is 17.8. The fourth-order valence-electron chi connectivity index (χ4n) is 2.71. The minimum absolute atomic E-state index is 0.559. The summed E-state index contributed by atoms with van der Waals surface area (Å²) in [5.74, 6) is 1.05. The number of fused-ring (bicyclic) bond motifs is 1. The first-order valence-corrected chi connectivity index (χ1v) is 7.04. The number of rotatable bonds is 2. The minimum atomic E-state index is 0.559. The van der Waals surface area contributed by atoms with E-state index in [9.17, 15) is 0 Å². The number of piperidine rings is 1. The Morgan fingerprint density at radius 1 is 1.21 bits per heavy atom. The average molecular weight is 255 g/mol. The molecule has 3 heteroatoms. The number of nitrogens with one attached hydrogen (secondary N) is 1. The van der Waals surface area contributed by atoms with Crippen molar-refractivity contribution < 1.29 is 0 Å². The Morgan fingerprint density at radius 2 is 1.95 bits per heavy atom. The van der Waals surface area contributed by atoms with E-state index in [1.54, 1.807) is 0 Å². The molecule has 1 aromatic heterocycles. The van der Waals surface area contributed by atoms with Crippen molar-refractivity contribution in [3.05, 3.63) is 35.9 Å². The molecule has 3 nitrogen and oxygen atoms in total. The van der Waals surface area contributed by atoms with E-state index in [1.165, 1.54) is 36.9 Å². The van der Waals surface area contributed by atoms with Gasteiger partial charge in [0.2, 0.25) is 0 Å². The summed E-state index contributed by atoms with van der Waals surface area (Å²) in [5, 5.41) is 4.84. The molecule has 2 aromatic rings. The fraction of sp³-hybridized carbons (Fsp3) is 0.438. The largest absolute Gasteiger partial charge is 0.367 e. The smallest absolute Gasteiger partial charge is 0.129 e. The number of aromatic nitrogens is 1. The van der Waals surface area contributed by atoms with E-state index in [0.717, 1.165) is 11.3 Å². The van der Waals surface area contributed by atoms with Crippen molar-refractivity contribution in [3.63, 3.8) is 0 Å². The molecule has 1 fully saturated rings. The maximum absolute atomic E-state index is 4.76. The number of nitrogens with zero attached hydrogens (tertiary/aromatic N) is 2. The van der Waals surface area contributed by atoms with Crippen LogP contribution in [0.5, 0.6) is 0 Å². The summed E-state index contributed by atoms with van der Waals surface area (Å²) in [5.41, 5.74) is 2.31. The highest BCUT2D eigenvalue weighted by Gasteiger charge is 2.17. The topological polar surface area (TPSA) is 28.2 Å². The number of likely N-dealkylation sites (tertiary alicyclic amines) is 1. The lowest BCUT2D eigenvalue weighted by molar-refractivity contribution is 0.263. The summed E-state index contributed by atoms with van der Waals surface area (Å²) in [6, 6.07) is 11.1. The molecule has 1 aliphatic rings. The van der Waals surface area contributed by atoms with Gasteiger partial charge in [-0.15, -0.1) is 0 Å². The molecular formula is C16H21N3. The summed E-state index contributed by atoms with van der Waals surface area (Å²) in [7, 11) is 2.19. The molecule has 1 aromatic carbocycles. The standard InChI is InChI=1S/C16H21N3/c1-12-11-13-5-3-4-6-15(13)18-16(12)17-14-7-9-19(2)10-8-14/h3-6,11,14H,7-10H2,1-2H3,(H,17,18). The lowest BCUT2D eigenvalue weighted by Gasteiger charge is -2.30. The fourth-order valence-corrected chi connectivity index (χ4v) is 2.71. The number of benzene rings is 1. The lowest BCUT2D eigenvalue weighted by atomic mass is 10.1. The summed E-state index contributed by atoms with van der Waals surface area (Å²) in [6.45, 7) is 4.48. The third-order valence-corrected chi connectivity index (χ3v) is 3.97. The van der Waals surface area contributed by atoms with Crippen LogP contribution in [-0.4, -0.2) is 36.1 Å². The van der Waals surface area contributed by atoms with Gasteiger partial charge in [-0.25, -0.2) is 4.98 Å². The van der Waals surface area contributed by atoms with Crippen molar-refractivity contribution >= 4 is 16.7 Å². The molecule has 0 bridgehead atoms. The van der Waals surface area contributed by atoms with Gasteiger partial charge in [0.15, 0.2) is 0 Å². The molecular weight excluding hydrogens is 234 g/mol. The second-order valence-electron chi connectivity index (χ2n) is 5.57. The predicted molar refractivity (Wildman–Crippen MR) is 80.6 cm³/mol. The summed E-state index contributed by atoms with van der Waals surface area (Å²) < 4.78 is 0. The lowest BCUT2D eigenvalue weighted by Crippen LogP contribution is -2.37. The van der Waals surface area contributed by atoms with E-state index in [4.69, 9.17) is 4.98 Å². The van der Waals surface area contributed by atoms with Gasteiger partial charge >= 0.3 is 0 Å². The highest BCUT2D eigenvalue weighted by atomic mass is 15.1. The number of pyridine rings is 1. The second-order valence-corrected chi connectivity index (χ2v) is 5.57. The Hall–Kier alpha value is -1.61. The molecule has 0 aliphatic carbocycles. The van der Waals surface area contributed by atoms with Crippen molar-refractivity contribution in [2.75, 3.05) is 25.5 Å². The summed E-state index contributed by atoms with van der Waals surface area (Å²) in [4.78, 5) is 7.15. The van der Waals surface area contributed by atoms with Crippen LogP contribution in [0.4, 0.5) is 5.82 Å². The van der Waals surface area contributed by atoms with E-state index >= 15 is 0 Å². The van der Waals surface area contributed by atoms with Gasteiger partial charge in [0.05, 0.1) is 5.52 Å². The minimum Gasteiger partial charge on any atom is -0.367 e. The maximum Gasteiger partial charge on any atom is 0.129 e. The van der Waals surface area contributed by atoms with Gasteiger partial charge in [-0.3, -0.25) is 0 Å². The van der Waals surface area contributed by atoms with Gasteiger partial charge in [-0.05, 0) is 57.6 Å². The van der Waals surface area contributed by atoms with Crippen molar-refractivity contribution in [1.82, 2.24) is 9.88 Å². The molecule has 3 rings (SSSR count). The van der Waals surface area contributed by atoms with E-state index in [0.29, 0.717) is 6.04 Å². The van der Waals surface area contributed by atoms with Gasteiger partial charge in [-0.1, -0.05) is 18.2 Å². The third-order valence-electron chi connectivity index (χ3n) is 3.97. The Balaban J connectivity index is 1.82. The Kier molecular flexibility index (Phi) is 3.38. The maximum atomic E-state index is 4.76. The van der Waals surface area contributed by atoms with E-state index < -0.39 is 0 Å². The van der Waals surface area contributed by atoms with E-state index in [2.05, 4.69) is 48.5 Å². The zero-order valence-electron chi connectivity index (χ0n) is 11.7. The van der Waals surface area contributed by atoms with Crippen LogP contribution in [-0.2, 0) is 0 Å². The van der Waals surface area contributed by atoms with Crippen LogP contribution in [0, 0.1) is 6.92 Å². The molecule has 0 radical (unpaired) electrons. The van der Waals surface area contributed by atoms with Crippen molar-refractivity contribution in [3.8, 4) is 0 Å². The van der Waals surface area contributed by atoms with Crippen molar-refractivity contribution in [2.45, 2.75) is 25.8 Å². The van der Waals surface area contributed by atoms with Gasteiger partial charge in [-0.2, -0.15) is 0 Å². The van der Waals surface area contributed by atoms with Crippen molar-refractivity contribution in [2.24, 2.45) is 0 Å². The highest BCUT2D eigenvalue weighted by molar-refractivity contribution is 5.81. The Morgan fingerprint density at radius 3 is 2.74 bits per heavy atom. The van der Waals surface area contributed by atoms with Crippen LogP contribution >= 0.6 is 0 Å². The van der Waals surface area contributed by atoms with Gasteiger partial charge < -0.3 is 10.2 Å².